The van der Waals surface area contributed by atoms with Crippen LogP contribution < -0.4 is 4.74 Å². The third kappa shape index (κ3) is 4.70. The summed E-state index contributed by atoms with van der Waals surface area (Å²) in [6.07, 6.45) is 1.53. The van der Waals surface area contributed by atoms with Crippen molar-refractivity contribution in [2.45, 2.75) is 45.8 Å². The maximum Gasteiger partial charge on any atom is 0.295 e. The lowest BCUT2D eigenvalue weighted by Gasteiger charge is -2.27. The molecule has 1 amide bonds. The molecular weight excluding hydrogens is 452 g/mol. The SMILES string of the molecule is CCN(CC)CCCN1C(=O)C(=O)/C(=C(/O)c2ccc3c(c2)C[C@@H](C)O3)[C@@H]1c1ccc(Cl)cc1. The molecular formula is C27H31ClN2O4. The van der Waals surface area contributed by atoms with Gasteiger partial charge in [-0.15, -0.1) is 0 Å². The number of aliphatic hydroxyl groups excluding tert-OH is 1. The molecule has 1 N–H and O–H groups in total. The Kier molecular flexibility index (Phi) is 7.29. The number of carbonyl (C=O) groups excluding carboxylic acids is 2. The molecule has 0 bridgehead atoms. The quantitative estimate of drug-likeness (QED) is 0.332. The Hall–Kier alpha value is -2.83. The summed E-state index contributed by atoms with van der Waals surface area (Å²) in [7, 11) is 0. The highest BCUT2D eigenvalue weighted by Gasteiger charge is 2.45. The van der Waals surface area contributed by atoms with Crippen LogP contribution in [0.25, 0.3) is 5.76 Å². The maximum atomic E-state index is 13.2. The van der Waals surface area contributed by atoms with Gasteiger partial charge < -0.3 is 19.6 Å². The first-order valence-corrected chi connectivity index (χ1v) is 12.3. The zero-order valence-electron chi connectivity index (χ0n) is 19.9. The molecule has 2 aromatic carbocycles. The molecule has 6 nitrogen and oxygen atoms in total. The van der Waals surface area contributed by atoms with Crippen LogP contribution in [0.2, 0.25) is 5.02 Å². The largest absolute Gasteiger partial charge is 0.507 e. The first-order chi connectivity index (χ1) is 16.3. The maximum absolute atomic E-state index is 13.2. The molecule has 1 fully saturated rings. The van der Waals surface area contributed by atoms with Crippen LogP contribution in [-0.2, 0) is 16.0 Å². The fourth-order valence-corrected chi connectivity index (χ4v) is 4.96. The number of carbonyl (C=O) groups is 2. The first kappa shape index (κ1) is 24.3. The number of fused-ring (bicyclic) bond motifs is 1. The summed E-state index contributed by atoms with van der Waals surface area (Å²) in [6.45, 7) is 9.29. The zero-order valence-corrected chi connectivity index (χ0v) is 20.6. The summed E-state index contributed by atoms with van der Waals surface area (Å²) in [4.78, 5) is 30.2. The van der Waals surface area contributed by atoms with Gasteiger partial charge in [-0.05, 0) is 74.4 Å². The van der Waals surface area contributed by atoms with Gasteiger partial charge in [0.05, 0.1) is 11.6 Å². The third-order valence-electron chi connectivity index (χ3n) is 6.66. The molecule has 0 saturated carbocycles. The van der Waals surface area contributed by atoms with Crippen LogP contribution in [-0.4, -0.2) is 58.9 Å². The van der Waals surface area contributed by atoms with Crippen molar-refractivity contribution in [1.82, 2.24) is 9.80 Å². The van der Waals surface area contributed by atoms with Crippen LogP contribution in [0.15, 0.2) is 48.0 Å². The molecule has 0 radical (unpaired) electrons. The minimum absolute atomic E-state index is 0.0675. The monoisotopic (exact) mass is 482 g/mol. The fourth-order valence-electron chi connectivity index (χ4n) is 4.83. The van der Waals surface area contributed by atoms with E-state index in [1.165, 1.54) is 0 Å². The topological polar surface area (TPSA) is 70.1 Å². The zero-order chi connectivity index (χ0) is 24.4. The second-order valence-electron chi connectivity index (χ2n) is 8.88. The number of Topliss-reactive ketones (excluding diaryl/α,β-unsaturated/α-hetero) is 1. The van der Waals surface area contributed by atoms with Crippen molar-refractivity contribution in [3.63, 3.8) is 0 Å². The van der Waals surface area contributed by atoms with Gasteiger partial charge >= 0.3 is 0 Å². The molecule has 0 aliphatic carbocycles. The number of rotatable bonds is 8. The number of hydrogen-bond donors (Lipinski definition) is 1. The molecule has 0 aromatic heterocycles. The van der Waals surface area contributed by atoms with Crippen LogP contribution >= 0.6 is 11.6 Å². The van der Waals surface area contributed by atoms with Gasteiger partial charge in [0, 0.05) is 23.6 Å². The minimum Gasteiger partial charge on any atom is -0.507 e. The van der Waals surface area contributed by atoms with E-state index in [-0.39, 0.29) is 17.4 Å². The van der Waals surface area contributed by atoms with Gasteiger partial charge in [0.15, 0.2) is 0 Å². The van der Waals surface area contributed by atoms with Crippen molar-refractivity contribution in [2.24, 2.45) is 0 Å². The van der Waals surface area contributed by atoms with Crippen molar-refractivity contribution < 1.29 is 19.4 Å². The second kappa shape index (κ2) is 10.2. The Morgan fingerprint density at radius 1 is 1.15 bits per heavy atom. The van der Waals surface area contributed by atoms with Crippen LogP contribution in [0.1, 0.15) is 49.9 Å². The van der Waals surface area contributed by atoms with Crippen molar-refractivity contribution in [1.29, 1.82) is 0 Å². The van der Waals surface area contributed by atoms with Gasteiger partial charge in [0.2, 0.25) is 0 Å². The molecule has 0 spiro atoms. The molecule has 2 heterocycles. The summed E-state index contributed by atoms with van der Waals surface area (Å²) in [5.41, 5.74) is 2.35. The van der Waals surface area contributed by atoms with E-state index in [0.29, 0.717) is 17.1 Å². The van der Waals surface area contributed by atoms with Gasteiger partial charge in [-0.25, -0.2) is 0 Å². The number of likely N-dealkylation sites (tertiary alicyclic amines) is 1. The lowest BCUT2D eigenvalue weighted by atomic mass is 9.94. The molecule has 2 aromatic rings. The Labute approximate surface area is 205 Å². The van der Waals surface area contributed by atoms with E-state index < -0.39 is 17.7 Å². The predicted octanol–water partition coefficient (Wildman–Crippen LogP) is 4.82. The van der Waals surface area contributed by atoms with E-state index in [0.717, 1.165) is 49.4 Å². The Morgan fingerprint density at radius 3 is 2.53 bits per heavy atom. The average Bonchev–Trinajstić information content (AvgIpc) is 3.32. The number of halogens is 1. The number of nitrogens with zero attached hydrogens (tertiary/aromatic N) is 2. The number of amides is 1. The van der Waals surface area contributed by atoms with Crippen molar-refractivity contribution in [3.05, 3.63) is 69.8 Å². The number of benzene rings is 2. The summed E-state index contributed by atoms with van der Waals surface area (Å²) < 4.78 is 5.76. The number of ether oxygens (including phenoxy) is 1. The molecule has 2 aliphatic heterocycles. The molecule has 7 heteroatoms. The van der Waals surface area contributed by atoms with Crippen LogP contribution in [0, 0.1) is 0 Å². The summed E-state index contributed by atoms with van der Waals surface area (Å²) in [5.74, 6) is -0.619. The number of ketones is 1. The lowest BCUT2D eigenvalue weighted by molar-refractivity contribution is -0.140. The third-order valence-corrected chi connectivity index (χ3v) is 6.91. The van der Waals surface area contributed by atoms with E-state index in [1.807, 2.05) is 31.2 Å². The van der Waals surface area contributed by atoms with Gasteiger partial charge in [-0.1, -0.05) is 37.6 Å². The summed E-state index contributed by atoms with van der Waals surface area (Å²) >= 11 is 6.10. The molecule has 2 aliphatic rings. The fraction of sp³-hybridized carbons (Fsp3) is 0.407. The van der Waals surface area contributed by atoms with Crippen molar-refractivity contribution >= 4 is 29.1 Å². The van der Waals surface area contributed by atoms with E-state index in [2.05, 4.69) is 18.7 Å². The standard InChI is InChI=1S/C27H31ClN2O4/c1-4-29(5-2)13-6-14-30-24(18-7-10-21(28)11-8-18)23(26(32)27(30)33)25(31)19-9-12-22-20(16-19)15-17(3)34-22/h7-12,16-17,24,31H,4-6,13-15H2,1-3H3/b25-23+/t17-,24+/m1/s1. The molecule has 1 saturated heterocycles. The molecule has 4 rings (SSSR count). The highest BCUT2D eigenvalue weighted by Crippen LogP contribution is 2.40. The normalized spacial score (nSPS) is 21.3. The Morgan fingerprint density at radius 2 is 1.85 bits per heavy atom. The summed E-state index contributed by atoms with van der Waals surface area (Å²) in [5, 5.41) is 11.9. The van der Waals surface area contributed by atoms with E-state index in [4.69, 9.17) is 16.3 Å². The van der Waals surface area contributed by atoms with Crippen molar-refractivity contribution in [3.8, 4) is 5.75 Å². The van der Waals surface area contributed by atoms with E-state index >= 15 is 0 Å². The summed E-state index contributed by atoms with van der Waals surface area (Å²) in [6, 6.07) is 11.8. The van der Waals surface area contributed by atoms with Crippen LogP contribution in [0.3, 0.4) is 0 Å². The lowest BCUT2D eigenvalue weighted by Crippen LogP contribution is -2.33. The highest BCUT2D eigenvalue weighted by molar-refractivity contribution is 6.46. The minimum atomic E-state index is -0.669. The number of aliphatic hydroxyl groups is 1. The molecule has 180 valence electrons. The van der Waals surface area contributed by atoms with Gasteiger partial charge in [0.1, 0.15) is 17.6 Å². The smallest absolute Gasteiger partial charge is 0.295 e. The average molecular weight is 483 g/mol. The van der Waals surface area contributed by atoms with E-state index in [1.54, 1.807) is 23.1 Å². The van der Waals surface area contributed by atoms with Gasteiger partial charge in [-0.3, -0.25) is 9.59 Å². The molecule has 0 unspecified atom stereocenters. The highest BCUT2D eigenvalue weighted by atomic mass is 35.5. The number of hydrogen-bond acceptors (Lipinski definition) is 5. The van der Waals surface area contributed by atoms with Gasteiger partial charge in [-0.2, -0.15) is 0 Å². The predicted molar refractivity (Wildman–Crippen MR) is 133 cm³/mol. The van der Waals surface area contributed by atoms with Crippen LogP contribution in [0.5, 0.6) is 5.75 Å². The van der Waals surface area contributed by atoms with E-state index in [9.17, 15) is 14.7 Å². The first-order valence-electron chi connectivity index (χ1n) is 11.9. The second-order valence-corrected chi connectivity index (χ2v) is 9.32. The Bertz CT molecular complexity index is 1110. The molecule has 2 atom stereocenters. The van der Waals surface area contributed by atoms with Gasteiger partial charge in [0.25, 0.3) is 11.7 Å². The van der Waals surface area contributed by atoms with Crippen molar-refractivity contribution in [2.75, 3.05) is 26.2 Å². The molecule has 34 heavy (non-hydrogen) atoms. The van der Waals surface area contributed by atoms with Crippen LogP contribution in [0.4, 0.5) is 0 Å². The Balaban J connectivity index is 1.72.